The van der Waals surface area contributed by atoms with Crippen molar-refractivity contribution >= 4 is 51.8 Å². The van der Waals surface area contributed by atoms with Crippen molar-refractivity contribution in [2.75, 3.05) is 54.9 Å². The van der Waals surface area contributed by atoms with E-state index in [2.05, 4.69) is 51.6 Å². The summed E-state index contributed by atoms with van der Waals surface area (Å²) >= 11 is 8.17. The van der Waals surface area contributed by atoms with Crippen LogP contribution < -0.4 is 20.3 Å². The van der Waals surface area contributed by atoms with Crippen LogP contribution in [0.25, 0.3) is 0 Å². The van der Waals surface area contributed by atoms with E-state index >= 15 is 0 Å². The van der Waals surface area contributed by atoms with Crippen molar-refractivity contribution in [3.8, 4) is 0 Å². The van der Waals surface area contributed by atoms with Crippen molar-refractivity contribution in [2.24, 2.45) is 5.41 Å². The van der Waals surface area contributed by atoms with E-state index in [0.29, 0.717) is 29.1 Å². The summed E-state index contributed by atoms with van der Waals surface area (Å²) in [5.41, 5.74) is 10.5. The second-order valence-electron chi connectivity index (χ2n) is 11.8. The van der Waals surface area contributed by atoms with Gasteiger partial charge < -0.3 is 20.3 Å². The van der Waals surface area contributed by atoms with Gasteiger partial charge in [0.1, 0.15) is 27.6 Å². The van der Waals surface area contributed by atoms with Gasteiger partial charge in [-0.2, -0.15) is 0 Å². The van der Waals surface area contributed by atoms with Crippen LogP contribution in [0.3, 0.4) is 0 Å². The van der Waals surface area contributed by atoms with Crippen LogP contribution in [0, 0.1) is 5.41 Å². The lowest BCUT2D eigenvalue weighted by molar-refractivity contribution is 0.122. The first-order valence-corrected chi connectivity index (χ1v) is 16.4. The van der Waals surface area contributed by atoms with E-state index in [1.54, 1.807) is 6.20 Å². The third-order valence-electron chi connectivity index (χ3n) is 9.16. The number of anilines is 3. The van der Waals surface area contributed by atoms with Crippen LogP contribution in [0.2, 0.25) is 5.02 Å². The second kappa shape index (κ2) is 10.4. The van der Waals surface area contributed by atoms with Crippen LogP contribution in [0.5, 0.6) is 0 Å². The number of nitrogens with two attached hydrogens (primary N) is 1. The number of hydrogen-bond donors (Lipinski definition) is 2. The van der Waals surface area contributed by atoms with Gasteiger partial charge in [0, 0.05) is 37.3 Å². The zero-order valence-corrected chi connectivity index (χ0v) is 25.6. The minimum absolute atomic E-state index is 0.0478. The molecule has 3 N–H and O–H groups in total. The van der Waals surface area contributed by atoms with Crippen molar-refractivity contribution in [1.29, 1.82) is 0 Å². The number of halogens is 1. The molecule has 12 heteroatoms. The minimum atomic E-state index is -1.14. The molecule has 9 nitrogen and oxygen atoms in total. The van der Waals surface area contributed by atoms with Crippen LogP contribution in [-0.2, 0) is 26.9 Å². The number of nitrogens with zero attached hydrogens (tertiary/aromatic N) is 5. The highest BCUT2D eigenvalue weighted by Gasteiger charge is 2.53. The van der Waals surface area contributed by atoms with Crippen molar-refractivity contribution in [3.63, 3.8) is 0 Å². The first-order valence-electron chi connectivity index (χ1n) is 14.1. The monoisotopic (exact) mass is 611 g/mol. The molecule has 5 heterocycles. The minimum Gasteiger partial charge on any atom is -0.381 e. The topological polar surface area (TPSA) is 110 Å². The lowest BCUT2D eigenvalue weighted by Gasteiger charge is -2.46. The molecule has 0 radical (unpaired) electrons. The molecule has 2 atom stereocenters. The molecular weight excluding hydrogens is 578 g/mol. The predicted octanol–water partition coefficient (Wildman–Crippen LogP) is 4.48. The lowest BCUT2D eigenvalue weighted by Crippen LogP contribution is -2.50. The molecule has 1 spiro atoms. The number of fused-ring (bicyclic) bond motifs is 1. The van der Waals surface area contributed by atoms with Gasteiger partial charge in [0.25, 0.3) is 0 Å². The normalized spacial score (nSPS) is 24.5. The molecule has 3 aromatic rings. The van der Waals surface area contributed by atoms with Gasteiger partial charge >= 0.3 is 0 Å². The van der Waals surface area contributed by atoms with E-state index in [9.17, 15) is 4.21 Å². The molecule has 2 fully saturated rings. The zero-order valence-electron chi connectivity index (χ0n) is 23.2. The molecule has 1 aliphatic carbocycles. The molecule has 1 aromatic carbocycles. The maximum atomic E-state index is 13.2. The average Bonchev–Trinajstić information content (AvgIpc) is 3.27. The molecule has 2 aromatic heterocycles. The number of rotatable bonds is 4. The number of nitrogen functional groups attached to an aromatic ring is 1. The number of benzene rings is 1. The first kappa shape index (κ1) is 27.4. The Morgan fingerprint density at radius 1 is 1.12 bits per heavy atom. The summed E-state index contributed by atoms with van der Waals surface area (Å²) in [5, 5.41) is 1.21. The van der Waals surface area contributed by atoms with Gasteiger partial charge in [-0.1, -0.05) is 41.6 Å². The Bertz CT molecular complexity index is 1520. The number of pyridine rings is 1. The van der Waals surface area contributed by atoms with Crippen LogP contribution in [0.1, 0.15) is 49.4 Å². The Kier molecular flexibility index (Phi) is 6.93. The fraction of sp³-hybridized carbons (Fsp3) is 0.483. The Morgan fingerprint density at radius 3 is 2.66 bits per heavy atom. The van der Waals surface area contributed by atoms with Crippen LogP contribution in [0.15, 0.2) is 46.6 Å². The summed E-state index contributed by atoms with van der Waals surface area (Å²) in [7, 11) is -1.14. The molecule has 2 saturated heterocycles. The summed E-state index contributed by atoms with van der Waals surface area (Å²) < 4.78 is 21.8. The largest absolute Gasteiger partial charge is 0.381 e. The number of morpholine rings is 1. The number of ether oxygens (including phenoxy) is 1. The molecule has 0 amide bonds. The molecule has 4 aliphatic rings. The fourth-order valence-electron chi connectivity index (χ4n) is 6.81. The number of aromatic nitrogens is 3. The third kappa shape index (κ3) is 4.60. The maximum absolute atomic E-state index is 13.2. The smallest absolute Gasteiger partial charge is 0.158 e. The van der Waals surface area contributed by atoms with Gasteiger partial charge in [-0.15, -0.1) is 0 Å². The zero-order chi connectivity index (χ0) is 28.4. The Hall–Kier alpha value is -2.44. The van der Waals surface area contributed by atoms with E-state index < -0.39 is 15.7 Å². The van der Waals surface area contributed by atoms with Crippen LogP contribution in [-0.4, -0.2) is 58.6 Å². The standard InChI is InChI=1S/C29H34ClN7O2S2/c1-28(2)19-5-3-4-18-16-29(24(22(18)19)35-41(28)38)7-10-36(11-8-29)21-17-33-27(25(31)34-21)40-20-6-9-32-26(23(20)30)37-12-14-39-15-13-37/h3-6,9,17,24,35H,7-8,10-16H2,1-2H3,(H2,31,34)/t24-,41+/m1/s1. The summed E-state index contributed by atoms with van der Waals surface area (Å²) in [5.74, 6) is 1.93. The molecule has 0 unspecified atom stereocenters. The van der Waals surface area contributed by atoms with Crippen molar-refractivity contribution in [1.82, 2.24) is 19.7 Å². The van der Waals surface area contributed by atoms with E-state index in [1.165, 1.54) is 28.5 Å². The molecule has 0 saturated carbocycles. The van der Waals surface area contributed by atoms with Crippen molar-refractivity contribution in [3.05, 3.63) is 58.4 Å². The molecule has 216 valence electrons. The Morgan fingerprint density at radius 2 is 1.90 bits per heavy atom. The van der Waals surface area contributed by atoms with Crippen molar-refractivity contribution in [2.45, 2.75) is 53.8 Å². The van der Waals surface area contributed by atoms with E-state index in [-0.39, 0.29) is 11.5 Å². The van der Waals surface area contributed by atoms with Gasteiger partial charge in [0.05, 0.1) is 35.2 Å². The quantitative estimate of drug-likeness (QED) is 0.441. The van der Waals surface area contributed by atoms with Gasteiger partial charge in [0.15, 0.2) is 5.82 Å². The lowest BCUT2D eigenvalue weighted by atomic mass is 9.72. The fourth-order valence-corrected chi connectivity index (χ4v) is 9.19. The maximum Gasteiger partial charge on any atom is 0.158 e. The SMILES string of the molecule is CC1(C)c2cccc3c2[C@@H](N[S@]1=O)C1(CCN(c2cnc(Sc4ccnc(N5CCOCC5)c4Cl)c(N)n2)CC1)C3. The molecule has 41 heavy (non-hydrogen) atoms. The number of piperidine rings is 1. The Labute approximate surface area is 252 Å². The number of nitrogens with one attached hydrogen (secondary N) is 1. The predicted molar refractivity (Wildman–Crippen MR) is 164 cm³/mol. The van der Waals surface area contributed by atoms with Gasteiger partial charge in [-0.25, -0.2) is 23.9 Å². The van der Waals surface area contributed by atoms with Crippen LogP contribution in [0.4, 0.5) is 17.5 Å². The highest BCUT2D eigenvalue weighted by Crippen LogP contribution is 2.57. The van der Waals surface area contributed by atoms with Gasteiger partial charge in [-0.05, 0) is 61.3 Å². The molecule has 0 bridgehead atoms. The third-order valence-corrected chi connectivity index (χ3v) is 12.3. The second-order valence-corrected chi connectivity index (χ2v) is 15.0. The summed E-state index contributed by atoms with van der Waals surface area (Å²) in [4.78, 5) is 19.2. The summed E-state index contributed by atoms with van der Waals surface area (Å²) in [6, 6.07) is 8.55. The summed E-state index contributed by atoms with van der Waals surface area (Å²) in [6.45, 7) is 8.68. The van der Waals surface area contributed by atoms with Gasteiger partial charge in [-0.3, -0.25) is 0 Å². The van der Waals surface area contributed by atoms with Crippen LogP contribution >= 0.6 is 23.4 Å². The van der Waals surface area contributed by atoms with E-state index in [0.717, 1.165) is 62.0 Å². The highest BCUT2D eigenvalue weighted by molar-refractivity contribution is 7.99. The van der Waals surface area contributed by atoms with Crippen molar-refractivity contribution < 1.29 is 8.95 Å². The first-order chi connectivity index (χ1) is 19.8. The molecule has 7 rings (SSSR count). The molecular formula is C29H34ClN7O2S2. The molecule has 3 aliphatic heterocycles. The van der Waals surface area contributed by atoms with Gasteiger partial charge in [0.2, 0.25) is 0 Å². The highest BCUT2D eigenvalue weighted by atomic mass is 35.5. The summed E-state index contributed by atoms with van der Waals surface area (Å²) in [6.07, 6.45) is 6.55. The average molecular weight is 612 g/mol. The Balaban J connectivity index is 1.07. The van der Waals surface area contributed by atoms with E-state index in [1.807, 2.05) is 12.3 Å². The van der Waals surface area contributed by atoms with E-state index in [4.69, 9.17) is 32.0 Å². The number of hydrogen-bond acceptors (Lipinski definition) is 9.